The van der Waals surface area contributed by atoms with E-state index in [2.05, 4.69) is 16.8 Å². The Hall–Kier alpha value is -1.49. The molecule has 5 heteroatoms. The molecule has 0 N–H and O–H groups in total. The van der Waals surface area contributed by atoms with Crippen molar-refractivity contribution in [3.05, 3.63) is 29.8 Å². The number of ether oxygens (including phenoxy) is 1. The van der Waals surface area contributed by atoms with Crippen molar-refractivity contribution in [2.75, 3.05) is 6.61 Å². The van der Waals surface area contributed by atoms with Crippen LogP contribution in [-0.2, 0) is 0 Å². The second kappa shape index (κ2) is 7.73. The number of carbonyl (C=O) groups excluding carboxylic acids is 1. The molecule has 1 aromatic rings. The molecule has 0 saturated carbocycles. The minimum Gasteiger partial charge on any atom is -0.493 e. The number of para-hydroxylation sites is 1. The van der Waals surface area contributed by atoms with E-state index in [-0.39, 0.29) is 5.91 Å². The Labute approximate surface area is 104 Å². The van der Waals surface area contributed by atoms with Crippen molar-refractivity contribution in [3.8, 4) is 5.75 Å². The fourth-order valence-electron chi connectivity index (χ4n) is 1.22. The summed E-state index contributed by atoms with van der Waals surface area (Å²) in [5.74, 6) is 0.232. The SMILES string of the molecule is CCC[Si]N=NC(=O)c1ccccc1OCC. The summed E-state index contributed by atoms with van der Waals surface area (Å²) in [6, 6.07) is 8.07. The van der Waals surface area contributed by atoms with E-state index in [9.17, 15) is 4.79 Å². The van der Waals surface area contributed by atoms with Crippen LogP contribution in [0.2, 0.25) is 6.04 Å². The first-order chi connectivity index (χ1) is 8.29. The number of hydrogen-bond donors (Lipinski definition) is 0. The van der Waals surface area contributed by atoms with Crippen LogP contribution in [0.25, 0.3) is 0 Å². The summed E-state index contributed by atoms with van der Waals surface area (Å²) in [7, 11) is 0.364. The lowest BCUT2D eigenvalue weighted by Gasteiger charge is -2.05. The van der Waals surface area contributed by atoms with E-state index < -0.39 is 0 Å². The molecule has 0 unspecified atom stereocenters. The van der Waals surface area contributed by atoms with Gasteiger partial charge >= 0.3 is 0 Å². The highest BCUT2D eigenvalue weighted by Gasteiger charge is 2.10. The number of hydrogen-bond acceptors (Lipinski definition) is 3. The third-order valence-electron chi connectivity index (χ3n) is 1.99. The highest BCUT2D eigenvalue weighted by Crippen LogP contribution is 2.18. The molecule has 90 valence electrons. The molecule has 0 aliphatic carbocycles. The Bertz CT molecular complexity index is 394. The Balaban J connectivity index is 2.70. The fraction of sp³-hybridized carbons (Fsp3) is 0.417. The van der Waals surface area contributed by atoms with E-state index in [1.54, 1.807) is 18.2 Å². The molecule has 1 aromatic carbocycles. The molecule has 0 fully saturated rings. The van der Waals surface area contributed by atoms with Gasteiger partial charge in [-0.25, -0.2) is 4.78 Å². The maximum Gasteiger partial charge on any atom is 0.297 e. The summed E-state index contributed by atoms with van der Waals surface area (Å²) in [4.78, 5) is 11.8. The Morgan fingerprint density at radius 3 is 2.82 bits per heavy atom. The molecule has 1 rings (SSSR count). The molecule has 4 nitrogen and oxygen atoms in total. The first-order valence-corrected chi connectivity index (χ1v) is 6.84. The van der Waals surface area contributed by atoms with Crippen LogP contribution in [0.5, 0.6) is 5.75 Å². The lowest BCUT2D eigenvalue weighted by molar-refractivity contribution is 0.0992. The summed E-state index contributed by atoms with van der Waals surface area (Å²) in [6.07, 6.45) is 1.06. The van der Waals surface area contributed by atoms with Crippen LogP contribution in [0.1, 0.15) is 30.6 Å². The largest absolute Gasteiger partial charge is 0.493 e. The van der Waals surface area contributed by atoms with Crippen molar-refractivity contribution >= 4 is 15.6 Å². The first kappa shape index (κ1) is 13.6. The monoisotopic (exact) mass is 248 g/mol. The zero-order chi connectivity index (χ0) is 12.5. The average molecular weight is 248 g/mol. The zero-order valence-electron chi connectivity index (χ0n) is 10.1. The van der Waals surface area contributed by atoms with Crippen LogP contribution < -0.4 is 4.74 Å². The van der Waals surface area contributed by atoms with Gasteiger partial charge in [-0.3, -0.25) is 4.79 Å². The van der Waals surface area contributed by atoms with Crippen LogP contribution in [0.3, 0.4) is 0 Å². The zero-order valence-corrected chi connectivity index (χ0v) is 11.1. The Morgan fingerprint density at radius 1 is 1.35 bits per heavy atom. The van der Waals surface area contributed by atoms with Crippen molar-refractivity contribution in [2.24, 2.45) is 9.89 Å². The van der Waals surface area contributed by atoms with Crippen LogP contribution >= 0.6 is 0 Å². The van der Waals surface area contributed by atoms with E-state index in [1.807, 2.05) is 13.0 Å². The molecule has 2 radical (unpaired) electrons. The molecule has 0 aliphatic rings. The van der Waals surface area contributed by atoms with Crippen LogP contribution in [0.4, 0.5) is 0 Å². The van der Waals surface area contributed by atoms with Crippen LogP contribution in [0.15, 0.2) is 34.2 Å². The molecule has 0 bridgehead atoms. The fourth-order valence-corrected chi connectivity index (χ4v) is 1.71. The van der Waals surface area contributed by atoms with Gasteiger partial charge in [0, 0.05) is 0 Å². The Kier molecular flexibility index (Phi) is 6.17. The highest BCUT2D eigenvalue weighted by molar-refractivity contribution is 6.32. The molecule has 0 aromatic heterocycles. The van der Waals surface area contributed by atoms with Gasteiger partial charge in [0.25, 0.3) is 5.91 Å². The Morgan fingerprint density at radius 2 is 2.12 bits per heavy atom. The summed E-state index contributed by atoms with van der Waals surface area (Å²) in [6.45, 7) is 4.49. The number of nitrogens with zero attached hydrogens (tertiary/aromatic N) is 2. The molecule has 1 amide bonds. The van der Waals surface area contributed by atoms with Crippen LogP contribution in [0, 0.1) is 0 Å². The second-order valence-corrected chi connectivity index (χ2v) is 4.36. The minimum absolute atomic E-state index is 0.336. The maximum atomic E-state index is 11.8. The first-order valence-electron chi connectivity index (χ1n) is 5.69. The van der Waals surface area contributed by atoms with Gasteiger partial charge < -0.3 is 4.74 Å². The van der Waals surface area contributed by atoms with E-state index in [0.717, 1.165) is 12.5 Å². The summed E-state index contributed by atoms with van der Waals surface area (Å²) >= 11 is 0. The van der Waals surface area contributed by atoms with Gasteiger partial charge in [-0.1, -0.05) is 25.5 Å². The molecule has 0 aliphatic heterocycles. The van der Waals surface area contributed by atoms with Crippen molar-refractivity contribution in [2.45, 2.75) is 26.3 Å². The second-order valence-electron chi connectivity index (χ2n) is 3.34. The van der Waals surface area contributed by atoms with Crippen LogP contribution in [-0.4, -0.2) is 22.2 Å². The molecule has 17 heavy (non-hydrogen) atoms. The maximum absolute atomic E-state index is 11.8. The van der Waals surface area contributed by atoms with Crippen molar-refractivity contribution in [3.63, 3.8) is 0 Å². The van der Waals surface area contributed by atoms with Gasteiger partial charge in [-0.15, -0.1) is 5.11 Å². The van der Waals surface area contributed by atoms with Gasteiger partial charge in [0.05, 0.1) is 12.2 Å². The van der Waals surface area contributed by atoms with Gasteiger partial charge in [0.1, 0.15) is 5.75 Å². The summed E-state index contributed by atoms with van der Waals surface area (Å²) in [5, 5.41) is 3.69. The molecule has 0 heterocycles. The number of benzene rings is 1. The normalized spacial score (nSPS) is 10.7. The predicted octanol–water partition coefficient (Wildman–Crippen LogP) is 3.13. The van der Waals surface area contributed by atoms with Crippen molar-refractivity contribution in [1.29, 1.82) is 0 Å². The van der Waals surface area contributed by atoms with E-state index in [0.29, 0.717) is 27.6 Å². The number of carbonyl (C=O) groups is 1. The quantitative estimate of drug-likeness (QED) is 0.441. The summed E-state index contributed by atoms with van der Waals surface area (Å²) in [5.41, 5.74) is 0.472. The van der Waals surface area contributed by atoms with E-state index >= 15 is 0 Å². The lowest BCUT2D eigenvalue weighted by Crippen LogP contribution is -2.01. The molecular weight excluding hydrogens is 232 g/mol. The van der Waals surface area contributed by atoms with E-state index in [4.69, 9.17) is 4.74 Å². The molecular formula is C12H16N2O2Si. The predicted molar refractivity (Wildman–Crippen MR) is 67.6 cm³/mol. The van der Waals surface area contributed by atoms with Crippen molar-refractivity contribution in [1.82, 2.24) is 0 Å². The van der Waals surface area contributed by atoms with Gasteiger partial charge in [-0.05, 0) is 25.1 Å². The van der Waals surface area contributed by atoms with Gasteiger partial charge in [0.15, 0.2) is 0 Å². The van der Waals surface area contributed by atoms with Gasteiger partial charge in [0.2, 0.25) is 9.68 Å². The third-order valence-corrected chi connectivity index (χ3v) is 2.96. The molecule has 0 saturated heterocycles. The van der Waals surface area contributed by atoms with Crippen molar-refractivity contribution < 1.29 is 9.53 Å². The van der Waals surface area contributed by atoms with Gasteiger partial charge in [-0.2, -0.15) is 0 Å². The smallest absolute Gasteiger partial charge is 0.297 e. The molecule has 0 spiro atoms. The minimum atomic E-state index is -0.336. The number of rotatable bonds is 6. The third kappa shape index (κ3) is 4.48. The lowest BCUT2D eigenvalue weighted by atomic mass is 10.2. The average Bonchev–Trinajstić information content (AvgIpc) is 2.35. The topological polar surface area (TPSA) is 51.0 Å². The summed E-state index contributed by atoms with van der Waals surface area (Å²) < 4.78 is 9.25. The number of amides is 1. The molecule has 0 atom stereocenters. The highest BCUT2D eigenvalue weighted by atomic mass is 28.2. The standard InChI is InChI=1S/C12H16N2O2Si/c1-3-9-17-14-13-12(15)10-7-5-6-8-11(10)16-4-2/h5-8H,3-4,9H2,1-2H3. The van der Waals surface area contributed by atoms with E-state index in [1.165, 1.54) is 0 Å².